The van der Waals surface area contributed by atoms with Crippen LogP contribution in [-0.4, -0.2) is 36.3 Å². The van der Waals surface area contributed by atoms with Gasteiger partial charge in [0.15, 0.2) is 0 Å². The largest absolute Gasteiger partial charge is 0.324 e. The van der Waals surface area contributed by atoms with Gasteiger partial charge in [0.05, 0.1) is 4.90 Å². The molecule has 1 fully saturated rings. The van der Waals surface area contributed by atoms with Crippen molar-refractivity contribution in [2.45, 2.75) is 51.0 Å². The molecule has 1 aromatic heterocycles. The molecule has 1 saturated heterocycles. The van der Waals surface area contributed by atoms with Crippen molar-refractivity contribution >= 4 is 33.0 Å². The van der Waals surface area contributed by atoms with E-state index in [2.05, 4.69) is 5.32 Å². The van der Waals surface area contributed by atoms with E-state index >= 15 is 0 Å². The number of nitrogens with zero attached hydrogens (tertiary/aromatic N) is 2. The molecule has 9 heteroatoms. The van der Waals surface area contributed by atoms with E-state index in [1.807, 2.05) is 0 Å². The van der Waals surface area contributed by atoms with Crippen LogP contribution in [0.25, 0.3) is 0 Å². The monoisotopic (exact) mass is 423 g/mol. The Morgan fingerprint density at radius 2 is 1.82 bits per heavy atom. The first-order chi connectivity index (χ1) is 13.3. The van der Waals surface area contributed by atoms with Gasteiger partial charge in [-0.05, 0) is 44.4 Å². The van der Waals surface area contributed by atoms with E-state index in [-0.39, 0.29) is 22.2 Å². The van der Waals surface area contributed by atoms with Gasteiger partial charge in [0, 0.05) is 29.9 Å². The summed E-state index contributed by atoms with van der Waals surface area (Å²) < 4.78 is 29.2. The minimum Gasteiger partial charge on any atom is -0.324 e. The molecule has 0 saturated carbocycles. The molecule has 0 unspecified atom stereocenters. The Bertz CT molecular complexity index is 1020. The van der Waals surface area contributed by atoms with Gasteiger partial charge >= 0.3 is 4.87 Å². The van der Waals surface area contributed by atoms with Crippen LogP contribution in [0.1, 0.15) is 36.9 Å². The van der Waals surface area contributed by atoms with E-state index in [0.717, 1.165) is 42.7 Å². The third-order valence-corrected chi connectivity index (χ3v) is 7.85. The fraction of sp³-hybridized carbons (Fsp3) is 0.474. The topological polar surface area (TPSA) is 88.5 Å². The standard InChI is InChI=1S/C19H25N3O4S2/c1-14-7-8-16(20-18(23)12-22-15(2)13-27-19(22)24)11-17(14)28(25,26)21-9-5-3-4-6-10-21/h7-8,11,13H,3-6,9-10,12H2,1-2H3,(H,20,23). The van der Waals surface area contributed by atoms with Crippen molar-refractivity contribution in [2.24, 2.45) is 0 Å². The summed E-state index contributed by atoms with van der Waals surface area (Å²) >= 11 is 1.05. The van der Waals surface area contributed by atoms with Crippen molar-refractivity contribution in [3.8, 4) is 0 Å². The third-order valence-electron chi connectivity index (χ3n) is 4.93. The van der Waals surface area contributed by atoms with Crippen LogP contribution in [-0.2, 0) is 21.4 Å². The number of carbonyl (C=O) groups excluding carboxylic acids is 1. The van der Waals surface area contributed by atoms with Crippen molar-refractivity contribution in [3.05, 3.63) is 44.5 Å². The molecular weight excluding hydrogens is 398 g/mol. The molecule has 28 heavy (non-hydrogen) atoms. The maximum absolute atomic E-state index is 13.1. The second kappa shape index (κ2) is 8.59. The minimum atomic E-state index is -3.61. The maximum Gasteiger partial charge on any atom is 0.307 e. The number of aryl methyl sites for hydroxylation is 2. The summed E-state index contributed by atoms with van der Waals surface area (Å²) in [6.07, 6.45) is 3.82. The average Bonchev–Trinajstić information content (AvgIpc) is 2.86. The fourth-order valence-electron chi connectivity index (χ4n) is 3.32. The zero-order valence-electron chi connectivity index (χ0n) is 16.1. The number of benzene rings is 1. The summed E-state index contributed by atoms with van der Waals surface area (Å²) in [6, 6.07) is 4.89. The number of anilines is 1. The highest BCUT2D eigenvalue weighted by Gasteiger charge is 2.27. The second-order valence-corrected chi connectivity index (χ2v) is 9.80. The minimum absolute atomic E-state index is 0.101. The van der Waals surface area contributed by atoms with Crippen LogP contribution >= 0.6 is 11.3 Å². The van der Waals surface area contributed by atoms with Gasteiger partial charge in [-0.25, -0.2) is 8.42 Å². The number of aromatic nitrogens is 1. The molecule has 1 aliphatic rings. The number of hydrogen-bond donors (Lipinski definition) is 1. The summed E-state index contributed by atoms with van der Waals surface area (Å²) in [5, 5.41) is 4.41. The van der Waals surface area contributed by atoms with Crippen LogP contribution in [0.5, 0.6) is 0 Å². The van der Waals surface area contributed by atoms with Crippen molar-refractivity contribution in [3.63, 3.8) is 0 Å². The molecule has 0 spiro atoms. The number of nitrogens with one attached hydrogen (secondary N) is 1. The maximum atomic E-state index is 13.1. The van der Waals surface area contributed by atoms with Gasteiger partial charge in [-0.1, -0.05) is 30.2 Å². The van der Waals surface area contributed by atoms with Crippen molar-refractivity contribution in [2.75, 3.05) is 18.4 Å². The van der Waals surface area contributed by atoms with Crippen LogP contribution in [0.4, 0.5) is 5.69 Å². The Balaban J connectivity index is 1.81. The molecule has 0 atom stereocenters. The molecule has 0 radical (unpaired) electrons. The van der Waals surface area contributed by atoms with Gasteiger partial charge in [0.2, 0.25) is 15.9 Å². The van der Waals surface area contributed by atoms with E-state index in [0.29, 0.717) is 24.3 Å². The van der Waals surface area contributed by atoms with Crippen LogP contribution in [0.15, 0.2) is 33.3 Å². The van der Waals surface area contributed by atoms with Gasteiger partial charge in [0.1, 0.15) is 6.54 Å². The second-order valence-electron chi connectivity index (χ2n) is 7.08. The summed E-state index contributed by atoms with van der Waals surface area (Å²) in [5.41, 5.74) is 1.77. The first-order valence-corrected chi connectivity index (χ1v) is 11.7. The van der Waals surface area contributed by atoms with Crippen LogP contribution < -0.4 is 10.2 Å². The van der Waals surface area contributed by atoms with E-state index in [9.17, 15) is 18.0 Å². The lowest BCUT2D eigenvalue weighted by Gasteiger charge is -2.21. The summed E-state index contributed by atoms with van der Waals surface area (Å²) in [4.78, 5) is 24.2. The summed E-state index contributed by atoms with van der Waals surface area (Å²) in [5.74, 6) is -0.370. The van der Waals surface area contributed by atoms with Gasteiger partial charge in [-0.2, -0.15) is 4.31 Å². The number of sulfonamides is 1. The number of rotatable bonds is 5. The number of hydrogen-bond acceptors (Lipinski definition) is 5. The number of amides is 1. The summed E-state index contributed by atoms with van der Waals surface area (Å²) in [6.45, 7) is 4.47. The predicted octanol–water partition coefficient (Wildman–Crippen LogP) is 2.73. The van der Waals surface area contributed by atoms with Gasteiger partial charge in [0.25, 0.3) is 0 Å². The highest BCUT2D eigenvalue weighted by molar-refractivity contribution is 7.89. The lowest BCUT2D eigenvalue weighted by Crippen LogP contribution is -2.32. The molecule has 0 bridgehead atoms. The Kier molecular flexibility index (Phi) is 6.36. The SMILES string of the molecule is Cc1ccc(NC(=O)Cn2c(C)csc2=O)cc1S(=O)(=O)N1CCCCCC1. The Hall–Kier alpha value is -1.97. The molecule has 2 aromatic rings. The lowest BCUT2D eigenvalue weighted by atomic mass is 10.2. The molecule has 3 rings (SSSR count). The Morgan fingerprint density at radius 1 is 1.14 bits per heavy atom. The first-order valence-electron chi connectivity index (χ1n) is 9.34. The van der Waals surface area contributed by atoms with Gasteiger partial charge in [-0.15, -0.1) is 0 Å². The van der Waals surface area contributed by atoms with Gasteiger partial charge in [-0.3, -0.25) is 14.2 Å². The highest BCUT2D eigenvalue weighted by Crippen LogP contribution is 2.25. The number of carbonyl (C=O) groups is 1. The van der Waals surface area contributed by atoms with E-state index in [1.54, 1.807) is 35.7 Å². The average molecular weight is 424 g/mol. The van der Waals surface area contributed by atoms with Crippen LogP contribution in [0.2, 0.25) is 0 Å². The van der Waals surface area contributed by atoms with Crippen molar-refractivity contribution < 1.29 is 13.2 Å². The molecular formula is C19H25N3O4S2. The lowest BCUT2D eigenvalue weighted by molar-refractivity contribution is -0.116. The zero-order chi connectivity index (χ0) is 20.3. The zero-order valence-corrected chi connectivity index (χ0v) is 17.7. The smallest absolute Gasteiger partial charge is 0.307 e. The van der Waals surface area contributed by atoms with E-state index < -0.39 is 10.0 Å². The molecule has 1 amide bonds. The third kappa shape index (κ3) is 4.53. The molecule has 1 aliphatic heterocycles. The van der Waals surface area contributed by atoms with Crippen molar-refractivity contribution in [1.29, 1.82) is 0 Å². The van der Waals surface area contributed by atoms with E-state index in [1.165, 1.54) is 10.6 Å². The molecule has 1 aromatic carbocycles. The van der Waals surface area contributed by atoms with Gasteiger partial charge < -0.3 is 5.32 Å². The predicted molar refractivity (Wildman–Crippen MR) is 110 cm³/mol. The normalized spacial score (nSPS) is 15.9. The van der Waals surface area contributed by atoms with E-state index in [4.69, 9.17) is 0 Å². The van der Waals surface area contributed by atoms with Crippen molar-refractivity contribution in [1.82, 2.24) is 8.87 Å². The van der Waals surface area contributed by atoms with Crippen LogP contribution in [0, 0.1) is 13.8 Å². The number of thiazole rings is 1. The molecule has 152 valence electrons. The first kappa shape index (κ1) is 20.8. The van der Waals surface area contributed by atoms with Crippen LogP contribution in [0.3, 0.4) is 0 Å². The molecule has 0 aliphatic carbocycles. The molecule has 2 heterocycles. The molecule has 1 N–H and O–H groups in total. The Morgan fingerprint density at radius 3 is 2.43 bits per heavy atom. The summed E-state index contributed by atoms with van der Waals surface area (Å²) in [7, 11) is -3.61. The Labute approximate surface area is 169 Å². The highest BCUT2D eigenvalue weighted by atomic mass is 32.2. The molecule has 7 nitrogen and oxygen atoms in total. The fourth-order valence-corrected chi connectivity index (χ4v) is 5.82. The quantitative estimate of drug-likeness (QED) is 0.801.